The molecule has 0 saturated heterocycles. The average molecular weight is 546 g/mol. The Balaban J connectivity index is 1.60. The smallest absolute Gasteiger partial charge is 0.417 e. The Kier molecular flexibility index (Phi) is 6.82. The first-order chi connectivity index (χ1) is 17.0. The average Bonchev–Trinajstić information content (AvgIpc) is 3.22. The summed E-state index contributed by atoms with van der Waals surface area (Å²) in [6.45, 7) is 0. The van der Waals surface area contributed by atoms with Gasteiger partial charge >= 0.3 is 6.18 Å². The second kappa shape index (κ2) is 9.70. The van der Waals surface area contributed by atoms with Crippen LogP contribution >= 0.6 is 11.6 Å². The lowest BCUT2D eigenvalue weighted by Gasteiger charge is -2.13. The molecule has 1 amide bonds. The van der Waals surface area contributed by atoms with Crippen molar-refractivity contribution in [2.75, 3.05) is 17.1 Å². The second-order valence-electron chi connectivity index (χ2n) is 7.10. The number of H-pyrrole nitrogens is 1. The van der Waals surface area contributed by atoms with E-state index in [0.717, 1.165) is 24.3 Å². The quantitative estimate of drug-likeness (QED) is 0.285. The number of pyridine rings is 1. The van der Waals surface area contributed by atoms with Crippen LogP contribution in [0.15, 0.2) is 47.5 Å². The summed E-state index contributed by atoms with van der Waals surface area (Å²) in [6, 6.07) is 5.47. The number of amides is 1. The largest absolute Gasteiger partial charge is 0.479 e. The minimum absolute atomic E-state index is 0.0637. The van der Waals surface area contributed by atoms with Crippen molar-refractivity contribution in [2.24, 2.45) is 0 Å². The fraction of sp³-hybridized carbons (Fsp3) is 0.0952. The van der Waals surface area contributed by atoms with Crippen LogP contribution in [0.4, 0.5) is 33.3 Å². The third-order valence-corrected chi connectivity index (χ3v) is 6.23. The molecule has 0 saturated carbocycles. The molecular formula is C21H13ClF5N5O3S. The minimum atomic E-state index is -4.82. The molecule has 188 valence electrons. The number of aromatic amines is 1. The van der Waals surface area contributed by atoms with E-state index in [1.807, 2.05) is 0 Å². The molecule has 8 nitrogen and oxygen atoms in total. The first-order valence-corrected chi connectivity index (χ1v) is 11.2. The Morgan fingerprint density at radius 3 is 2.61 bits per heavy atom. The maximum absolute atomic E-state index is 15.1. The van der Waals surface area contributed by atoms with Gasteiger partial charge in [-0.25, -0.2) is 18.0 Å². The van der Waals surface area contributed by atoms with Crippen LogP contribution in [0.5, 0.6) is 5.88 Å². The number of anilines is 2. The van der Waals surface area contributed by atoms with Gasteiger partial charge in [-0.05, 0) is 36.4 Å². The molecule has 0 spiro atoms. The van der Waals surface area contributed by atoms with E-state index in [2.05, 4.69) is 25.2 Å². The molecule has 4 rings (SSSR count). The molecular weight excluding hydrogens is 533 g/mol. The Hall–Kier alpha value is -3.78. The van der Waals surface area contributed by atoms with Gasteiger partial charge in [-0.1, -0.05) is 11.6 Å². The van der Waals surface area contributed by atoms with Crippen LogP contribution in [-0.4, -0.2) is 32.4 Å². The number of rotatable bonds is 6. The Morgan fingerprint density at radius 1 is 1.17 bits per heavy atom. The number of alkyl halides is 3. The van der Waals surface area contributed by atoms with Crippen LogP contribution in [0, 0.1) is 11.6 Å². The van der Waals surface area contributed by atoms with Crippen LogP contribution in [0.3, 0.4) is 0 Å². The number of carbonyl (C=O) groups is 1. The van der Waals surface area contributed by atoms with Crippen molar-refractivity contribution in [3.8, 4) is 5.88 Å². The summed E-state index contributed by atoms with van der Waals surface area (Å²) in [5, 5.41) is 8.53. The summed E-state index contributed by atoms with van der Waals surface area (Å²) in [5.74, 6) is -3.67. The number of halogens is 6. The first kappa shape index (κ1) is 25.3. The monoisotopic (exact) mass is 545 g/mol. The molecule has 2 aromatic carbocycles. The summed E-state index contributed by atoms with van der Waals surface area (Å²) in [7, 11) is -1.05. The number of nitrogens with one attached hydrogen (secondary N) is 3. The van der Waals surface area contributed by atoms with Crippen molar-refractivity contribution < 1.29 is 35.7 Å². The Labute approximate surface area is 206 Å². The number of carbonyl (C=O) groups excluding carboxylic acids is 1. The standard InChI is InChI=1S/C21H13ClF5N5O3S/c1-35-20-11-6-9(8-28-18(11)30-31-20)29-19(33)16-14(23)4-5-15(17(16)24)32-36(34)10-2-3-13(22)12(7-10)21(25,26)27/h2-8,32H,1H3,(H,29,33)(H,28,30,31). The van der Waals surface area contributed by atoms with Crippen molar-refractivity contribution in [1.29, 1.82) is 0 Å². The Morgan fingerprint density at radius 2 is 1.92 bits per heavy atom. The van der Waals surface area contributed by atoms with Crippen molar-refractivity contribution in [3.63, 3.8) is 0 Å². The summed E-state index contributed by atoms with van der Waals surface area (Å²) >= 11 is 5.55. The van der Waals surface area contributed by atoms with Gasteiger partial charge in [0, 0.05) is 0 Å². The molecule has 0 radical (unpaired) electrons. The maximum atomic E-state index is 15.1. The highest BCUT2D eigenvalue weighted by atomic mass is 35.5. The Bertz CT molecular complexity index is 1510. The van der Waals surface area contributed by atoms with E-state index in [1.54, 1.807) is 0 Å². The zero-order valence-corrected chi connectivity index (χ0v) is 19.4. The minimum Gasteiger partial charge on any atom is -0.479 e. The molecule has 15 heteroatoms. The molecule has 0 aliphatic rings. The highest BCUT2D eigenvalue weighted by Crippen LogP contribution is 2.36. The molecule has 0 fully saturated rings. The third kappa shape index (κ3) is 4.95. The lowest BCUT2D eigenvalue weighted by atomic mass is 10.1. The van der Waals surface area contributed by atoms with Crippen LogP contribution in [0.1, 0.15) is 15.9 Å². The molecule has 36 heavy (non-hydrogen) atoms. The van der Waals surface area contributed by atoms with Crippen molar-refractivity contribution in [3.05, 3.63) is 70.4 Å². The number of benzene rings is 2. The predicted octanol–water partition coefficient (Wildman–Crippen LogP) is 5.30. The zero-order valence-electron chi connectivity index (χ0n) is 17.8. The van der Waals surface area contributed by atoms with Gasteiger partial charge in [0.25, 0.3) is 5.91 Å². The summed E-state index contributed by atoms with van der Waals surface area (Å²) in [5.41, 5.74) is -2.45. The van der Waals surface area contributed by atoms with Gasteiger partial charge in [-0.15, -0.1) is 5.10 Å². The normalized spacial score (nSPS) is 12.4. The van der Waals surface area contributed by atoms with Crippen molar-refractivity contribution in [2.45, 2.75) is 11.1 Å². The number of ether oxygens (including phenoxy) is 1. The van der Waals surface area contributed by atoms with Gasteiger partial charge in [0.1, 0.15) is 22.4 Å². The third-order valence-electron chi connectivity index (χ3n) is 4.81. The molecule has 2 aromatic heterocycles. The van der Waals surface area contributed by atoms with Gasteiger partial charge in [-0.2, -0.15) is 13.2 Å². The molecule has 1 unspecified atom stereocenters. The summed E-state index contributed by atoms with van der Waals surface area (Å²) in [4.78, 5) is 16.3. The number of methoxy groups -OCH3 is 1. The van der Waals surface area contributed by atoms with Gasteiger partial charge in [0.05, 0.1) is 45.5 Å². The first-order valence-electron chi connectivity index (χ1n) is 9.72. The second-order valence-corrected chi connectivity index (χ2v) is 8.72. The van der Waals surface area contributed by atoms with Gasteiger partial charge in [-0.3, -0.25) is 14.6 Å². The topological polar surface area (TPSA) is 109 Å². The fourth-order valence-electron chi connectivity index (χ4n) is 3.13. The molecule has 2 heterocycles. The van der Waals surface area contributed by atoms with Crippen molar-refractivity contribution >= 4 is 50.9 Å². The molecule has 1 atom stereocenters. The van der Waals surface area contributed by atoms with Crippen LogP contribution in [-0.2, 0) is 17.2 Å². The summed E-state index contributed by atoms with van der Waals surface area (Å²) in [6.07, 6.45) is -3.61. The van der Waals surface area contributed by atoms with E-state index in [1.165, 1.54) is 19.4 Å². The van der Waals surface area contributed by atoms with Crippen LogP contribution in [0.2, 0.25) is 5.02 Å². The van der Waals surface area contributed by atoms with E-state index >= 15 is 4.39 Å². The van der Waals surface area contributed by atoms with Crippen LogP contribution in [0.25, 0.3) is 11.0 Å². The molecule has 0 aliphatic carbocycles. The number of hydrogen-bond donors (Lipinski definition) is 3. The summed E-state index contributed by atoms with van der Waals surface area (Å²) < 4.78 is 88.5. The number of nitrogens with zero attached hydrogens (tertiary/aromatic N) is 2. The van der Waals surface area contributed by atoms with Crippen LogP contribution < -0.4 is 14.8 Å². The van der Waals surface area contributed by atoms with E-state index in [9.17, 15) is 26.6 Å². The number of fused-ring (bicyclic) bond motifs is 1. The number of hydrogen-bond acceptors (Lipinski definition) is 5. The van der Waals surface area contributed by atoms with Gasteiger partial charge in [0.2, 0.25) is 5.88 Å². The van der Waals surface area contributed by atoms with E-state index in [-0.39, 0.29) is 16.5 Å². The highest BCUT2D eigenvalue weighted by molar-refractivity contribution is 7.86. The van der Waals surface area contributed by atoms with E-state index in [4.69, 9.17) is 16.3 Å². The zero-order chi connectivity index (χ0) is 26.2. The van der Waals surface area contributed by atoms with Gasteiger partial charge in [0.15, 0.2) is 11.5 Å². The fourth-order valence-corrected chi connectivity index (χ4v) is 4.25. The maximum Gasteiger partial charge on any atom is 0.417 e. The highest BCUT2D eigenvalue weighted by Gasteiger charge is 2.34. The van der Waals surface area contributed by atoms with Crippen molar-refractivity contribution in [1.82, 2.24) is 15.2 Å². The predicted molar refractivity (Wildman–Crippen MR) is 121 cm³/mol. The molecule has 0 aliphatic heterocycles. The number of aromatic nitrogens is 3. The van der Waals surface area contributed by atoms with E-state index < -0.39 is 56.5 Å². The lowest BCUT2D eigenvalue weighted by Crippen LogP contribution is -2.18. The SMILES string of the molecule is COc1n[nH]c2ncc(NC(=O)c3c(F)ccc(NS(=O)c4ccc(Cl)c(C(F)(F)F)c4)c3F)cc12. The molecule has 4 aromatic rings. The van der Waals surface area contributed by atoms with E-state index in [0.29, 0.717) is 17.1 Å². The lowest BCUT2D eigenvalue weighted by molar-refractivity contribution is -0.137. The molecule has 3 N–H and O–H groups in total. The molecule has 0 bridgehead atoms. The van der Waals surface area contributed by atoms with Gasteiger partial charge < -0.3 is 10.1 Å².